The summed E-state index contributed by atoms with van der Waals surface area (Å²) in [5.41, 5.74) is 1.76. The molecule has 0 fully saturated rings. The molecule has 0 amide bonds. The minimum absolute atomic E-state index is 0.276. The van der Waals surface area contributed by atoms with Crippen LogP contribution in [0.2, 0.25) is 6.32 Å². The molecule has 0 aromatic heterocycles. The van der Waals surface area contributed by atoms with Gasteiger partial charge in [0, 0.05) is 0 Å². The van der Waals surface area contributed by atoms with Crippen molar-refractivity contribution >= 4 is 48.9 Å². The zero-order valence-corrected chi connectivity index (χ0v) is 11.9. The number of aromatic hydroxyl groups is 1. The topological polar surface area (TPSA) is 29.5 Å². The third kappa shape index (κ3) is 2.81. The van der Waals surface area contributed by atoms with Gasteiger partial charge in [-0.15, -0.1) is 0 Å². The third-order valence-corrected chi connectivity index (χ3v) is 3.85. The molecular formula is C12H13B2IO2. The summed E-state index contributed by atoms with van der Waals surface area (Å²) in [6.07, 6.45) is 1.78. The number of halogens is 1. The van der Waals surface area contributed by atoms with Crippen LogP contribution < -0.4 is 4.74 Å². The number of phenols is 1. The number of phenolic OH excluding ortho intramolecular Hbond substituents is 1. The predicted octanol–water partition coefficient (Wildman–Crippen LogP) is 1.98. The molecule has 2 nitrogen and oxygen atoms in total. The summed E-state index contributed by atoms with van der Waals surface area (Å²) >= 11 is 2.30. The van der Waals surface area contributed by atoms with Crippen molar-refractivity contribution in [2.75, 3.05) is 0 Å². The molecule has 1 N–H and O–H groups in total. The van der Waals surface area contributed by atoms with Crippen LogP contribution in [0.25, 0.3) is 0 Å². The number of benzene rings is 1. The second-order valence-corrected chi connectivity index (χ2v) is 6.07. The van der Waals surface area contributed by atoms with Gasteiger partial charge in [-0.3, -0.25) is 0 Å². The average molecular weight is 338 g/mol. The van der Waals surface area contributed by atoms with Gasteiger partial charge in [0.2, 0.25) is 0 Å². The van der Waals surface area contributed by atoms with Gasteiger partial charge >= 0.3 is 117 Å². The Morgan fingerprint density at radius 1 is 1.59 bits per heavy atom. The van der Waals surface area contributed by atoms with E-state index in [4.69, 9.17) is 4.74 Å². The Morgan fingerprint density at radius 2 is 2.35 bits per heavy atom. The van der Waals surface area contributed by atoms with Crippen LogP contribution in [0.15, 0.2) is 12.1 Å². The number of hydrogen-bond donors (Lipinski definition) is 1. The molecule has 17 heavy (non-hydrogen) atoms. The van der Waals surface area contributed by atoms with Crippen LogP contribution in [0.4, 0.5) is 0 Å². The van der Waals surface area contributed by atoms with Crippen LogP contribution in [0, 0.1) is 6.92 Å². The zero-order chi connectivity index (χ0) is 12.5. The van der Waals surface area contributed by atoms with Gasteiger partial charge < -0.3 is 0 Å². The summed E-state index contributed by atoms with van der Waals surface area (Å²) < 4.78 is 5.64. The maximum absolute atomic E-state index is 9.83. The van der Waals surface area contributed by atoms with E-state index in [0.717, 1.165) is 29.6 Å². The first-order chi connectivity index (χ1) is 8.04. The molecule has 2 rings (SSSR count). The van der Waals surface area contributed by atoms with Gasteiger partial charge in [0.25, 0.3) is 0 Å². The van der Waals surface area contributed by atoms with Crippen molar-refractivity contribution in [3.05, 3.63) is 23.3 Å². The van der Waals surface area contributed by atoms with E-state index in [-0.39, 0.29) is 9.26 Å². The van der Waals surface area contributed by atoms with Crippen LogP contribution in [0.1, 0.15) is 17.5 Å². The van der Waals surface area contributed by atoms with Crippen molar-refractivity contribution in [3.8, 4) is 11.5 Å². The average Bonchev–Trinajstić information content (AvgIpc) is 2.25. The number of aryl methyl sites for hydroxylation is 1. The molecule has 1 atom stereocenters. The summed E-state index contributed by atoms with van der Waals surface area (Å²) in [4.78, 5) is 0. The molecule has 1 heterocycles. The summed E-state index contributed by atoms with van der Waals surface area (Å²) in [5, 5.41) is 9.83. The van der Waals surface area contributed by atoms with E-state index in [0.29, 0.717) is 0 Å². The standard InChI is InChI=1S/C12H13B2IO2/c1-8-5-10(16)9-7-14-12(15,3-4-13-2)17-11(9)6-8/h5-7,16H,2-4H2,1H3. The van der Waals surface area contributed by atoms with Crippen LogP contribution >= 0.6 is 22.6 Å². The van der Waals surface area contributed by atoms with Crippen molar-refractivity contribution in [2.24, 2.45) is 0 Å². The van der Waals surface area contributed by atoms with Crippen molar-refractivity contribution < 1.29 is 9.84 Å². The van der Waals surface area contributed by atoms with Crippen LogP contribution in [0.5, 0.6) is 11.5 Å². The van der Waals surface area contributed by atoms with E-state index in [2.05, 4.69) is 29.1 Å². The van der Waals surface area contributed by atoms with Gasteiger partial charge in [0.05, 0.1) is 0 Å². The van der Waals surface area contributed by atoms with E-state index in [1.165, 1.54) is 0 Å². The number of ether oxygens (including phenoxy) is 1. The van der Waals surface area contributed by atoms with E-state index in [1.54, 1.807) is 6.07 Å². The Kier molecular flexibility index (Phi) is 3.76. The van der Waals surface area contributed by atoms with Gasteiger partial charge in [0.15, 0.2) is 0 Å². The van der Waals surface area contributed by atoms with E-state index in [9.17, 15) is 5.11 Å². The van der Waals surface area contributed by atoms with Crippen LogP contribution in [0.3, 0.4) is 0 Å². The van der Waals surface area contributed by atoms with Gasteiger partial charge in [-0.1, -0.05) is 0 Å². The number of hydrogen-bond acceptors (Lipinski definition) is 2. The Balaban J connectivity index is 2.33. The molecule has 0 bridgehead atoms. The molecule has 0 spiro atoms. The molecule has 5 heteroatoms. The Labute approximate surface area is 116 Å². The number of fused-ring (bicyclic) bond motifs is 1. The Bertz CT molecular complexity index is 488. The number of rotatable bonds is 3. The molecule has 1 aliphatic rings. The fraction of sp³-hybridized carbons (Fsp3) is 0.333. The van der Waals surface area contributed by atoms with Gasteiger partial charge in [-0.25, -0.2) is 0 Å². The molecule has 1 aliphatic heterocycles. The summed E-state index contributed by atoms with van der Waals surface area (Å²) in [7, 11) is 0. The van der Waals surface area contributed by atoms with Crippen molar-refractivity contribution in [2.45, 2.75) is 23.2 Å². The first kappa shape index (κ1) is 12.9. The van der Waals surface area contributed by atoms with Crippen molar-refractivity contribution in [1.82, 2.24) is 0 Å². The molecule has 1 aromatic carbocycles. The normalized spacial score (nSPS) is 21.1. The fourth-order valence-corrected chi connectivity index (χ4v) is 2.58. The molecule has 1 aromatic rings. The Morgan fingerprint density at radius 3 is 3.06 bits per heavy atom. The summed E-state index contributed by atoms with van der Waals surface area (Å²) in [6.45, 7) is 9.55. The van der Waals surface area contributed by atoms with Gasteiger partial charge in [-0.05, 0) is 0 Å². The van der Waals surface area contributed by atoms with Crippen molar-refractivity contribution in [3.63, 3.8) is 0 Å². The molecule has 0 saturated carbocycles. The molecule has 0 saturated heterocycles. The summed E-state index contributed by atoms with van der Waals surface area (Å²) in [5.74, 6) is 2.96. The van der Waals surface area contributed by atoms with E-state index in [1.807, 2.05) is 32.8 Å². The monoisotopic (exact) mass is 338 g/mol. The minimum atomic E-state index is -0.334. The van der Waals surface area contributed by atoms with Crippen molar-refractivity contribution in [1.29, 1.82) is 0 Å². The third-order valence-electron chi connectivity index (χ3n) is 2.73. The van der Waals surface area contributed by atoms with Gasteiger partial charge in [-0.2, -0.15) is 0 Å². The second-order valence-electron chi connectivity index (χ2n) is 4.24. The molecule has 0 aliphatic carbocycles. The fourth-order valence-electron chi connectivity index (χ4n) is 1.86. The van der Waals surface area contributed by atoms with Crippen LogP contribution in [-0.2, 0) is 0 Å². The second kappa shape index (κ2) is 4.96. The molecular weight excluding hydrogens is 325 g/mol. The number of alkyl halides is 1. The van der Waals surface area contributed by atoms with Crippen LogP contribution in [-0.4, -0.2) is 34.9 Å². The summed E-state index contributed by atoms with van der Waals surface area (Å²) in [6, 6.07) is 3.70. The van der Waals surface area contributed by atoms with Gasteiger partial charge in [0.1, 0.15) is 0 Å². The SMILES string of the molecule is C=BCCC1(I)B=Cc2c(O)cc(C)cc2O1. The quantitative estimate of drug-likeness (QED) is 0.519. The zero-order valence-electron chi connectivity index (χ0n) is 9.74. The van der Waals surface area contributed by atoms with E-state index < -0.39 is 0 Å². The van der Waals surface area contributed by atoms with E-state index >= 15 is 0 Å². The molecule has 0 radical (unpaired) electrons. The maximum atomic E-state index is 9.83. The molecule has 86 valence electrons. The first-order valence-corrected chi connectivity index (χ1v) is 6.64. The Hall–Kier alpha value is -0.580. The first-order valence-electron chi connectivity index (χ1n) is 5.56. The molecule has 1 unspecified atom stereocenters. The predicted molar refractivity (Wildman–Crippen MR) is 83.4 cm³/mol.